The number of aromatic amines is 1. The van der Waals surface area contributed by atoms with E-state index in [1.807, 2.05) is 31.2 Å². The van der Waals surface area contributed by atoms with Crippen LogP contribution in [-0.4, -0.2) is 22.0 Å². The molecule has 28 heavy (non-hydrogen) atoms. The van der Waals surface area contributed by atoms with Gasteiger partial charge in [-0.1, -0.05) is 17.7 Å². The largest absolute Gasteiger partial charge is 0.321 e. The van der Waals surface area contributed by atoms with E-state index < -0.39 is 11.7 Å². The van der Waals surface area contributed by atoms with Crippen molar-refractivity contribution >= 4 is 44.9 Å². The van der Waals surface area contributed by atoms with Crippen molar-refractivity contribution in [3.8, 4) is 0 Å². The molecule has 2 amide bonds. The standard InChI is InChI=1S/C20H15FN4O2S/c1-11-2-8-14(9-3-11)22-19(27)16-10-15-17(24-25-20(15)28-16)23-18(26)12-4-6-13(21)7-5-12/h2-10H,1H3,(H,22,27)(H2,23,24,25,26). The summed E-state index contributed by atoms with van der Waals surface area (Å²) in [5, 5.41) is 13.1. The number of aromatic nitrogens is 2. The highest BCUT2D eigenvalue weighted by Crippen LogP contribution is 2.30. The van der Waals surface area contributed by atoms with Crippen molar-refractivity contribution in [2.45, 2.75) is 6.92 Å². The van der Waals surface area contributed by atoms with E-state index >= 15 is 0 Å². The first-order valence-electron chi connectivity index (χ1n) is 8.42. The molecule has 2 aromatic carbocycles. The number of halogens is 1. The number of carbonyl (C=O) groups is 2. The van der Waals surface area contributed by atoms with E-state index in [0.29, 0.717) is 32.2 Å². The van der Waals surface area contributed by atoms with Crippen LogP contribution in [-0.2, 0) is 0 Å². The van der Waals surface area contributed by atoms with Crippen molar-refractivity contribution in [2.75, 3.05) is 10.6 Å². The second-order valence-electron chi connectivity index (χ2n) is 6.21. The van der Waals surface area contributed by atoms with Crippen LogP contribution < -0.4 is 10.6 Å². The molecule has 2 aromatic heterocycles. The minimum absolute atomic E-state index is 0.248. The van der Waals surface area contributed by atoms with Gasteiger partial charge >= 0.3 is 0 Å². The maximum absolute atomic E-state index is 13.0. The molecule has 3 N–H and O–H groups in total. The Bertz CT molecular complexity index is 1160. The molecule has 0 radical (unpaired) electrons. The number of rotatable bonds is 4. The van der Waals surface area contributed by atoms with Crippen molar-refractivity contribution in [1.29, 1.82) is 0 Å². The lowest BCUT2D eigenvalue weighted by Crippen LogP contribution is -2.12. The van der Waals surface area contributed by atoms with Gasteiger partial charge in [0, 0.05) is 11.3 Å². The molecule has 0 saturated carbocycles. The molecule has 2 heterocycles. The zero-order chi connectivity index (χ0) is 19.7. The van der Waals surface area contributed by atoms with E-state index in [-0.39, 0.29) is 5.91 Å². The highest BCUT2D eigenvalue weighted by atomic mass is 32.1. The lowest BCUT2D eigenvalue weighted by Gasteiger charge is -2.04. The maximum atomic E-state index is 13.0. The molecule has 0 bridgehead atoms. The molecule has 4 aromatic rings. The first kappa shape index (κ1) is 17.9. The molecular formula is C20H15FN4O2S. The van der Waals surface area contributed by atoms with E-state index in [0.717, 1.165) is 5.56 Å². The Morgan fingerprint density at radius 3 is 2.43 bits per heavy atom. The number of fused-ring (bicyclic) bond motifs is 1. The lowest BCUT2D eigenvalue weighted by atomic mass is 10.2. The Labute approximate surface area is 163 Å². The monoisotopic (exact) mass is 394 g/mol. The number of carbonyl (C=O) groups excluding carboxylic acids is 2. The number of nitrogens with zero attached hydrogens (tertiary/aromatic N) is 1. The number of hydrogen-bond donors (Lipinski definition) is 3. The summed E-state index contributed by atoms with van der Waals surface area (Å²) in [4.78, 5) is 25.9. The molecule has 0 atom stereocenters. The molecule has 0 aliphatic heterocycles. The summed E-state index contributed by atoms with van der Waals surface area (Å²) in [6.45, 7) is 1.97. The van der Waals surface area contributed by atoms with Gasteiger partial charge in [-0.2, -0.15) is 5.10 Å². The van der Waals surface area contributed by atoms with Gasteiger partial charge in [-0.05, 0) is 49.4 Å². The predicted octanol–water partition coefficient (Wildman–Crippen LogP) is 4.58. The van der Waals surface area contributed by atoms with Crippen LogP contribution in [0.15, 0.2) is 54.6 Å². The Hall–Kier alpha value is -3.52. The molecule has 0 spiro atoms. The van der Waals surface area contributed by atoms with Crippen LogP contribution in [0.25, 0.3) is 10.2 Å². The van der Waals surface area contributed by atoms with E-state index in [9.17, 15) is 14.0 Å². The van der Waals surface area contributed by atoms with Gasteiger partial charge in [-0.3, -0.25) is 14.7 Å². The minimum atomic E-state index is -0.414. The van der Waals surface area contributed by atoms with Gasteiger partial charge in [0.1, 0.15) is 16.5 Å². The summed E-state index contributed by atoms with van der Waals surface area (Å²) >= 11 is 1.22. The zero-order valence-corrected chi connectivity index (χ0v) is 15.6. The van der Waals surface area contributed by atoms with Gasteiger partial charge in [-0.25, -0.2) is 4.39 Å². The van der Waals surface area contributed by atoms with Crippen LogP contribution in [0.3, 0.4) is 0 Å². The molecule has 6 nitrogen and oxygen atoms in total. The van der Waals surface area contributed by atoms with Gasteiger partial charge in [0.15, 0.2) is 0 Å². The van der Waals surface area contributed by atoms with Crippen LogP contribution >= 0.6 is 11.3 Å². The van der Waals surface area contributed by atoms with Crippen molar-refractivity contribution in [1.82, 2.24) is 10.2 Å². The molecule has 0 saturated heterocycles. The topological polar surface area (TPSA) is 86.9 Å². The molecule has 0 aliphatic carbocycles. The molecule has 4 rings (SSSR count). The first-order valence-corrected chi connectivity index (χ1v) is 9.24. The number of nitrogens with one attached hydrogen (secondary N) is 3. The maximum Gasteiger partial charge on any atom is 0.265 e. The van der Waals surface area contributed by atoms with E-state index in [2.05, 4.69) is 20.8 Å². The number of hydrogen-bond acceptors (Lipinski definition) is 4. The average molecular weight is 394 g/mol. The highest BCUT2D eigenvalue weighted by Gasteiger charge is 2.17. The van der Waals surface area contributed by atoms with Gasteiger partial charge in [0.2, 0.25) is 0 Å². The second kappa shape index (κ2) is 7.24. The van der Waals surface area contributed by atoms with Gasteiger partial charge in [-0.15, -0.1) is 11.3 Å². The number of aryl methyl sites for hydroxylation is 1. The highest BCUT2D eigenvalue weighted by molar-refractivity contribution is 7.20. The summed E-state index contributed by atoms with van der Waals surface area (Å²) in [7, 11) is 0. The zero-order valence-electron chi connectivity index (χ0n) is 14.7. The molecule has 0 fully saturated rings. The molecular weight excluding hydrogens is 379 g/mol. The Morgan fingerprint density at radius 2 is 1.71 bits per heavy atom. The molecule has 0 unspecified atom stereocenters. The van der Waals surface area contributed by atoms with E-state index in [1.54, 1.807) is 6.07 Å². The summed E-state index contributed by atoms with van der Waals surface area (Å²) in [6, 6.07) is 14.4. The first-order chi connectivity index (χ1) is 13.5. The number of H-pyrrole nitrogens is 1. The number of benzene rings is 2. The van der Waals surface area contributed by atoms with Crippen LogP contribution in [0, 0.1) is 12.7 Å². The quantitative estimate of drug-likeness (QED) is 0.474. The summed E-state index contributed by atoms with van der Waals surface area (Å²) in [5.41, 5.74) is 2.12. The SMILES string of the molecule is Cc1ccc(NC(=O)c2cc3c(NC(=O)c4ccc(F)cc4)[nH]nc3s2)cc1. The van der Waals surface area contributed by atoms with Gasteiger partial charge < -0.3 is 10.6 Å². The summed E-state index contributed by atoms with van der Waals surface area (Å²) in [5.74, 6) is -0.678. The average Bonchev–Trinajstić information content (AvgIpc) is 3.26. The van der Waals surface area contributed by atoms with Crippen LogP contribution in [0.4, 0.5) is 15.9 Å². The third-order valence-electron chi connectivity index (χ3n) is 4.13. The van der Waals surface area contributed by atoms with Crippen molar-refractivity contribution in [3.05, 3.63) is 76.4 Å². The molecule has 0 aliphatic rings. The van der Waals surface area contributed by atoms with Crippen LogP contribution in [0.1, 0.15) is 25.6 Å². The third-order valence-corrected chi connectivity index (χ3v) is 5.16. The van der Waals surface area contributed by atoms with Gasteiger partial charge in [0.25, 0.3) is 11.8 Å². The number of anilines is 2. The number of thiophene rings is 1. The smallest absolute Gasteiger partial charge is 0.265 e. The number of amides is 2. The Kier molecular flexibility index (Phi) is 4.62. The van der Waals surface area contributed by atoms with Crippen molar-refractivity contribution in [2.24, 2.45) is 0 Å². The fraction of sp³-hybridized carbons (Fsp3) is 0.0500. The fourth-order valence-corrected chi connectivity index (χ4v) is 3.53. The minimum Gasteiger partial charge on any atom is -0.321 e. The van der Waals surface area contributed by atoms with Gasteiger partial charge in [0.05, 0.1) is 10.3 Å². The third kappa shape index (κ3) is 3.63. The second-order valence-corrected chi connectivity index (χ2v) is 7.24. The van der Waals surface area contributed by atoms with Crippen LogP contribution in [0.5, 0.6) is 0 Å². The molecule has 140 valence electrons. The summed E-state index contributed by atoms with van der Waals surface area (Å²) < 4.78 is 13.0. The van der Waals surface area contributed by atoms with E-state index in [1.165, 1.54) is 35.6 Å². The van der Waals surface area contributed by atoms with Crippen molar-refractivity contribution < 1.29 is 14.0 Å². The van der Waals surface area contributed by atoms with Crippen molar-refractivity contribution in [3.63, 3.8) is 0 Å². The fourth-order valence-electron chi connectivity index (χ4n) is 2.63. The molecule has 8 heteroatoms. The normalized spacial score (nSPS) is 10.8. The predicted molar refractivity (Wildman–Crippen MR) is 107 cm³/mol. The lowest BCUT2D eigenvalue weighted by molar-refractivity contribution is 0.102. The Balaban J connectivity index is 1.53. The van der Waals surface area contributed by atoms with Crippen LogP contribution in [0.2, 0.25) is 0 Å². The summed E-state index contributed by atoms with van der Waals surface area (Å²) in [6.07, 6.45) is 0. The van der Waals surface area contributed by atoms with E-state index in [4.69, 9.17) is 0 Å². The Morgan fingerprint density at radius 1 is 1.00 bits per heavy atom.